The number of rotatable bonds is 2. The molecule has 0 spiro atoms. The van der Waals surface area contributed by atoms with Crippen molar-refractivity contribution in [1.29, 1.82) is 5.26 Å². The van der Waals surface area contributed by atoms with Crippen molar-refractivity contribution in [3.8, 4) is 6.07 Å². The molecule has 1 rings (SSSR count). The first-order valence-electron chi connectivity index (χ1n) is 5.39. The van der Waals surface area contributed by atoms with Crippen LogP contribution in [0.15, 0.2) is 0 Å². The molecule has 1 unspecified atom stereocenters. The molecular weight excluding hydrogens is 190 g/mol. The molecular formula is C11H19N3O. The molecule has 1 N–H and O–H groups in total. The van der Waals surface area contributed by atoms with Gasteiger partial charge in [0.15, 0.2) is 0 Å². The van der Waals surface area contributed by atoms with Crippen LogP contribution in [0.5, 0.6) is 0 Å². The molecule has 0 aromatic heterocycles. The summed E-state index contributed by atoms with van der Waals surface area (Å²) in [6.45, 7) is 5.57. The number of nitrogens with one attached hydrogen (secondary N) is 1. The van der Waals surface area contributed by atoms with E-state index >= 15 is 0 Å². The van der Waals surface area contributed by atoms with Crippen molar-refractivity contribution >= 4 is 5.91 Å². The largest absolute Gasteiger partial charge is 0.358 e. The third-order valence-electron chi connectivity index (χ3n) is 3.35. The van der Waals surface area contributed by atoms with Crippen LogP contribution in [0.3, 0.4) is 0 Å². The first kappa shape index (κ1) is 12.0. The molecule has 1 saturated heterocycles. The minimum Gasteiger partial charge on any atom is -0.358 e. The minimum absolute atomic E-state index is 0.0514. The van der Waals surface area contributed by atoms with Gasteiger partial charge in [0, 0.05) is 20.1 Å². The summed E-state index contributed by atoms with van der Waals surface area (Å²) in [6, 6.07) is 2.27. The molecule has 4 nitrogen and oxygen atoms in total. The van der Waals surface area contributed by atoms with Gasteiger partial charge in [-0.3, -0.25) is 9.69 Å². The number of carbonyl (C=O) groups is 1. The Morgan fingerprint density at radius 2 is 2.07 bits per heavy atom. The highest BCUT2D eigenvalue weighted by molar-refractivity contribution is 5.80. The van der Waals surface area contributed by atoms with Gasteiger partial charge in [-0.25, -0.2) is 0 Å². The van der Waals surface area contributed by atoms with E-state index in [0.29, 0.717) is 0 Å². The van der Waals surface area contributed by atoms with Crippen LogP contribution in [0.4, 0.5) is 0 Å². The third-order valence-corrected chi connectivity index (χ3v) is 3.35. The van der Waals surface area contributed by atoms with Gasteiger partial charge in [0.25, 0.3) is 0 Å². The van der Waals surface area contributed by atoms with E-state index in [4.69, 9.17) is 5.26 Å². The molecule has 1 fully saturated rings. The summed E-state index contributed by atoms with van der Waals surface area (Å²) >= 11 is 0. The van der Waals surface area contributed by atoms with E-state index in [1.165, 1.54) is 0 Å². The van der Waals surface area contributed by atoms with Crippen LogP contribution in [0, 0.1) is 16.7 Å². The fourth-order valence-electron chi connectivity index (χ4n) is 1.89. The maximum Gasteiger partial charge on any atom is 0.236 e. The third kappa shape index (κ3) is 2.69. The highest BCUT2D eigenvalue weighted by Gasteiger charge is 2.32. The minimum atomic E-state index is -0.196. The topological polar surface area (TPSA) is 56.1 Å². The Labute approximate surface area is 91.2 Å². The molecule has 0 bridgehead atoms. The van der Waals surface area contributed by atoms with E-state index in [2.05, 4.69) is 16.3 Å². The number of piperidine rings is 1. The number of nitriles is 1. The van der Waals surface area contributed by atoms with Crippen molar-refractivity contribution in [2.24, 2.45) is 5.41 Å². The Hall–Kier alpha value is -1.08. The number of carbonyl (C=O) groups excluding carboxylic acids is 1. The van der Waals surface area contributed by atoms with Crippen molar-refractivity contribution < 1.29 is 4.79 Å². The average molecular weight is 209 g/mol. The van der Waals surface area contributed by atoms with Crippen molar-refractivity contribution in [2.45, 2.75) is 32.7 Å². The predicted molar refractivity (Wildman–Crippen MR) is 58.1 cm³/mol. The number of hydrogen-bond donors (Lipinski definition) is 1. The van der Waals surface area contributed by atoms with Gasteiger partial charge in [-0.05, 0) is 26.7 Å². The second-order valence-electron chi connectivity index (χ2n) is 4.50. The van der Waals surface area contributed by atoms with Crippen molar-refractivity contribution in [1.82, 2.24) is 10.2 Å². The van der Waals surface area contributed by atoms with Gasteiger partial charge >= 0.3 is 0 Å². The zero-order chi connectivity index (χ0) is 11.5. The Balaban J connectivity index is 2.51. The van der Waals surface area contributed by atoms with Crippen LogP contribution < -0.4 is 5.32 Å². The fraction of sp³-hybridized carbons (Fsp3) is 0.818. The maximum atomic E-state index is 11.4. The summed E-state index contributed by atoms with van der Waals surface area (Å²) in [7, 11) is 1.65. The molecule has 1 atom stereocenters. The SMILES string of the molecule is CNC(=O)C(C)N1CCC(C)(C#N)CC1. The van der Waals surface area contributed by atoms with Crippen LogP contribution in [0.25, 0.3) is 0 Å². The highest BCUT2D eigenvalue weighted by atomic mass is 16.2. The van der Waals surface area contributed by atoms with Gasteiger partial charge < -0.3 is 5.32 Å². The lowest BCUT2D eigenvalue weighted by Gasteiger charge is -2.37. The normalized spacial score (nSPS) is 22.8. The first-order chi connectivity index (χ1) is 7.02. The van der Waals surface area contributed by atoms with Gasteiger partial charge in [-0.15, -0.1) is 0 Å². The summed E-state index contributed by atoms with van der Waals surface area (Å²) in [5, 5.41) is 11.6. The number of amides is 1. The second-order valence-corrected chi connectivity index (χ2v) is 4.50. The number of hydrogen-bond acceptors (Lipinski definition) is 3. The van der Waals surface area contributed by atoms with Crippen LogP contribution >= 0.6 is 0 Å². The fourth-order valence-corrected chi connectivity index (χ4v) is 1.89. The van der Waals surface area contributed by atoms with Crippen LogP contribution in [-0.4, -0.2) is 37.0 Å². The van der Waals surface area contributed by atoms with E-state index in [1.807, 2.05) is 13.8 Å². The molecule has 0 radical (unpaired) electrons. The summed E-state index contributed by atoms with van der Waals surface area (Å²) in [4.78, 5) is 13.6. The van der Waals surface area contributed by atoms with E-state index in [-0.39, 0.29) is 17.4 Å². The standard InChI is InChI=1S/C11H19N3O/c1-9(10(15)13-3)14-6-4-11(2,8-12)5-7-14/h9H,4-7H2,1-3H3,(H,13,15). The molecule has 1 aliphatic rings. The van der Waals surface area contributed by atoms with Crippen molar-refractivity contribution in [2.75, 3.05) is 20.1 Å². The van der Waals surface area contributed by atoms with Gasteiger partial charge in [-0.1, -0.05) is 0 Å². The first-order valence-corrected chi connectivity index (χ1v) is 5.39. The van der Waals surface area contributed by atoms with E-state index < -0.39 is 0 Å². The van der Waals surface area contributed by atoms with E-state index in [1.54, 1.807) is 7.05 Å². The predicted octanol–water partition coefficient (Wildman–Crippen LogP) is 0.747. The zero-order valence-corrected chi connectivity index (χ0v) is 9.71. The Morgan fingerprint density at radius 1 is 1.53 bits per heavy atom. The van der Waals surface area contributed by atoms with Gasteiger partial charge in [-0.2, -0.15) is 5.26 Å². The van der Waals surface area contributed by atoms with Crippen LogP contribution in [-0.2, 0) is 4.79 Å². The highest BCUT2D eigenvalue weighted by Crippen LogP contribution is 2.30. The average Bonchev–Trinajstić information content (AvgIpc) is 2.28. The van der Waals surface area contributed by atoms with Crippen molar-refractivity contribution in [3.05, 3.63) is 0 Å². The molecule has 0 aliphatic carbocycles. The zero-order valence-electron chi connectivity index (χ0n) is 9.71. The molecule has 0 aromatic carbocycles. The number of likely N-dealkylation sites (N-methyl/N-ethyl adjacent to an activating group) is 1. The van der Waals surface area contributed by atoms with Gasteiger partial charge in [0.2, 0.25) is 5.91 Å². The number of likely N-dealkylation sites (tertiary alicyclic amines) is 1. The molecule has 15 heavy (non-hydrogen) atoms. The maximum absolute atomic E-state index is 11.4. The Bertz CT molecular complexity index is 274. The molecule has 1 amide bonds. The van der Waals surface area contributed by atoms with Gasteiger partial charge in [0.1, 0.15) is 0 Å². The smallest absolute Gasteiger partial charge is 0.236 e. The Kier molecular flexibility index (Phi) is 3.70. The Morgan fingerprint density at radius 3 is 2.47 bits per heavy atom. The van der Waals surface area contributed by atoms with Crippen LogP contribution in [0.2, 0.25) is 0 Å². The lowest BCUT2D eigenvalue weighted by atomic mass is 9.81. The summed E-state index contributed by atoms with van der Waals surface area (Å²) in [6.07, 6.45) is 1.70. The lowest BCUT2D eigenvalue weighted by molar-refractivity contribution is -0.126. The molecule has 0 aromatic rings. The number of nitrogens with zero attached hydrogens (tertiary/aromatic N) is 2. The quantitative estimate of drug-likeness (QED) is 0.730. The van der Waals surface area contributed by atoms with Gasteiger partial charge in [0.05, 0.1) is 17.5 Å². The molecule has 1 aliphatic heterocycles. The lowest BCUT2D eigenvalue weighted by Crippen LogP contribution is -2.49. The summed E-state index contributed by atoms with van der Waals surface area (Å²) in [5.74, 6) is 0.0514. The van der Waals surface area contributed by atoms with Crippen LogP contribution in [0.1, 0.15) is 26.7 Å². The monoisotopic (exact) mass is 209 g/mol. The molecule has 1 heterocycles. The summed E-state index contributed by atoms with van der Waals surface area (Å²) < 4.78 is 0. The van der Waals surface area contributed by atoms with E-state index in [0.717, 1.165) is 25.9 Å². The molecule has 84 valence electrons. The second kappa shape index (κ2) is 4.63. The summed E-state index contributed by atoms with van der Waals surface area (Å²) in [5.41, 5.74) is -0.196. The molecule has 4 heteroatoms. The molecule has 0 saturated carbocycles. The van der Waals surface area contributed by atoms with Crippen molar-refractivity contribution in [3.63, 3.8) is 0 Å². The van der Waals surface area contributed by atoms with E-state index in [9.17, 15) is 4.79 Å².